The minimum Gasteiger partial charge on any atom is -0.467 e. The van der Waals surface area contributed by atoms with Gasteiger partial charge in [-0.05, 0) is 53.4 Å². The third-order valence-electron chi connectivity index (χ3n) is 3.77. The zero-order chi connectivity index (χ0) is 19.9. The van der Waals surface area contributed by atoms with Gasteiger partial charge in [0.15, 0.2) is 5.96 Å². The van der Waals surface area contributed by atoms with Gasteiger partial charge in [0.25, 0.3) is 0 Å². The van der Waals surface area contributed by atoms with Crippen LogP contribution >= 0.6 is 11.8 Å². The first-order chi connectivity index (χ1) is 12.3. The van der Waals surface area contributed by atoms with Crippen molar-refractivity contribution in [2.75, 3.05) is 18.6 Å². The van der Waals surface area contributed by atoms with Crippen molar-refractivity contribution in [1.82, 2.24) is 5.32 Å². The van der Waals surface area contributed by atoms with Crippen LogP contribution < -0.4 is 11.1 Å². The lowest BCUT2D eigenvalue weighted by molar-refractivity contribution is -0.142. The van der Waals surface area contributed by atoms with Crippen molar-refractivity contribution in [1.29, 1.82) is 5.41 Å². The highest BCUT2D eigenvalue weighted by Crippen LogP contribution is 2.13. The van der Waals surface area contributed by atoms with Crippen LogP contribution in [0.2, 0.25) is 0 Å². The Labute approximate surface area is 163 Å². The molecule has 26 heavy (non-hydrogen) atoms. The van der Waals surface area contributed by atoms with Crippen molar-refractivity contribution >= 4 is 23.7 Å². The van der Waals surface area contributed by atoms with E-state index in [4.69, 9.17) is 15.9 Å². The van der Waals surface area contributed by atoms with E-state index in [0.29, 0.717) is 5.75 Å². The molecular weight excluding hydrogens is 346 g/mol. The third-order valence-corrected chi connectivity index (χ3v) is 4.74. The fraction of sp³-hybridized carbons (Fsp3) is 0.600. The molecule has 0 aliphatic rings. The zero-order valence-electron chi connectivity index (χ0n) is 16.9. The van der Waals surface area contributed by atoms with Crippen LogP contribution in [-0.2, 0) is 9.53 Å². The second-order valence-corrected chi connectivity index (χ2v) is 7.71. The fourth-order valence-corrected chi connectivity index (χ4v) is 3.22. The minimum atomic E-state index is -0.581. The molecule has 0 rings (SSSR count). The second-order valence-electron chi connectivity index (χ2n) is 6.63. The van der Waals surface area contributed by atoms with E-state index in [2.05, 4.69) is 51.2 Å². The van der Waals surface area contributed by atoms with Gasteiger partial charge in [0.2, 0.25) is 0 Å². The molecule has 6 heteroatoms. The van der Waals surface area contributed by atoms with E-state index in [1.807, 2.05) is 0 Å². The van der Waals surface area contributed by atoms with E-state index >= 15 is 0 Å². The number of rotatable bonds is 12. The van der Waals surface area contributed by atoms with Gasteiger partial charge in [-0.2, -0.15) is 11.8 Å². The van der Waals surface area contributed by atoms with Crippen molar-refractivity contribution in [3.63, 3.8) is 0 Å². The summed E-state index contributed by atoms with van der Waals surface area (Å²) in [5, 5.41) is 9.87. The van der Waals surface area contributed by atoms with Gasteiger partial charge in [-0.1, -0.05) is 34.9 Å². The van der Waals surface area contributed by atoms with E-state index in [1.165, 1.54) is 23.8 Å². The number of nitrogens with two attached hydrogens (primary N) is 1. The van der Waals surface area contributed by atoms with Gasteiger partial charge in [0.1, 0.15) is 6.04 Å². The first-order valence-corrected chi connectivity index (χ1v) is 10.1. The Balaban J connectivity index is 4.14. The van der Waals surface area contributed by atoms with E-state index in [1.54, 1.807) is 11.8 Å². The Kier molecular flexibility index (Phi) is 13.5. The molecule has 0 saturated heterocycles. The highest BCUT2D eigenvalue weighted by atomic mass is 32.2. The van der Waals surface area contributed by atoms with Crippen LogP contribution in [0.4, 0.5) is 0 Å². The minimum absolute atomic E-state index is 0.223. The molecular formula is C20H35N3O2S. The summed E-state index contributed by atoms with van der Waals surface area (Å²) >= 11 is 1.62. The van der Waals surface area contributed by atoms with Crippen LogP contribution in [0.5, 0.6) is 0 Å². The number of carbonyl (C=O) groups is 1. The molecule has 0 spiro atoms. The number of nitrogens with one attached hydrogen (secondary N) is 2. The largest absolute Gasteiger partial charge is 0.467 e. The third kappa shape index (κ3) is 13.6. The Bertz CT molecular complexity index is 535. The van der Waals surface area contributed by atoms with Gasteiger partial charge in [0.05, 0.1) is 7.11 Å². The average Bonchev–Trinajstić information content (AvgIpc) is 2.56. The molecule has 0 saturated carbocycles. The lowest BCUT2D eigenvalue weighted by atomic mass is 10.1. The van der Waals surface area contributed by atoms with Crippen molar-refractivity contribution < 1.29 is 9.53 Å². The number of esters is 1. The summed E-state index contributed by atoms with van der Waals surface area (Å²) in [7, 11) is 1.33. The summed E-state index contributed by atoms with van der Waals surface area (Å²) in [4.78, 5) is 11.6. The van der Waals surface area contributed by atoms with Gasteiger partial charge in [0, 0.05) is 11.5 Å². The Hall–Kier alpha value is -1.69. The van der Waals surface area contributed by atoms with E-state index in [9.17, 15) is 4.79 Å². The first-order valence-electron chi connectivity index (χ1n) is 8.97. The monoisotopic (exact) mass is 381 g/mol. The summed E-state index contributed by atoms with van der Waals surface area (Å²) in [6.07, 6.45) is 11.2. The molecule has 148 valence electrons. The predicted octanol–water partition coefficient (Wildman–Crippen LogP) is 4.16. The lowest BCUT2D eigenvalue weighted by Crippen LogP contribution is -2.46. The van der Waals surface area contributed by atoms with Crippen molar-refractivity contribution in [3.05, 3.63) is 34.9 Å². The van der Waals surface area contributed by atoms with Gasteiger partial charge in [-0.3, -0.25) is 5.41 Å². The average molecular weight is 382 g/mol. The first kappa shape index (κ1) is 24.3. The summed E-state index contributed by atoms with van der Waals surface area (Å²) in [6.45, 7) is 8.60. The number of methoxy groups -OCH3 is 1. The highest BCUT2D eigenvalue weighted by molar-refractivity contribution is 7.99. The standard InChI is InChI=1S/C20H35N3O2S/c1-15(2)8-6-9-16(3)10-7-11-17(4)12-13-26-14-18(19(24)25-5)23-20(21)22/h8,10,12,18H,6-7,9,11,13-14H2,1-5H3,(H4,21,22,23)/b16-10+,17-12+. The number of allylic oxidation sites excluding steroid dienone is 5. The Morgan fingerprint density at radius 1 is 1.12 bits per heavy atom. The summed E-state index contributed by atoms with van der Waals surface area (Å²) < 4.78 is 4.72. The molecule has 4 N–H and O–H groups in total. The normalized spacial score (nSPS) is 13.1. The quantitative estimate of drug-likeness (QED) is 0.155. The molecule has 0 aliphatic heterocycles. The van der Waals surface area contributed by atoms with Crippen molar-refractivity contribution in [3.8, 4) is 0 Å². The SMILES string of the molecule is COC(=O)C(CSC/C=C(\C)CC/C=C(\C)CCC=C(C)C)NC(=N)N. The molecule has 0 aliphatic carbocycles. The van der Waals surface area contributed by atoms with Crippen LogP contribution in [0.3, 0.4) is 0 Å². The molecule has 5 nitrogen and oxygen atoms in total. The van der Waals surface area contributed by atoms with Gasteiger partial charge < -0.3 is 15.8 Å². The molecule has 0 bridgehead atoms. The lowest BCUT2D eigenvalue weighted by Gasteiger charge is -2.15. The molecule has 0 aromatic heterocycles. The number of guanidine groups is 1. The maximum atomic E-state index is 11.6. The Morgan fingerprint density at radius 2 is 1.69 bits per heavy atom. The Morgan fingerprint density at radius 3 is 2.23 bits per heavy atom. The summed E-state index contributed by atoms with van der Waals surface area (Å²) in [5.41, 5.74) is 9.47. The molecule has 0 aromatic carbocycles. The maximum Gasteiger partial charge on any atom is 0.329 e. The molecule has 0 radical (unpaired) electrons. The van der Waals surface area contributed by atoms with Crippen LogP contribution in [-0.4, -0.2) is 36.6 Å². The highest BCUT2D eigenvalue weighted by Gasteiger charge is 2.18. The van der Waals surface area contributed by atoms with Crippen molar-refractivity contribution in [2.45, 2.75) is 59.4 Å². The van der Waals surface area contributed by atoms with Gasteiger partial charge in [-0.15, -0.1) is 0 Å². The van der Waals surface area contributed by atoms with Crippen LogP contribution in [0.15, 0.2) is 34.9 Å². The second kappa shape index (κ2) is 14.5. The number of hydrogen-bond acceptors (Lipinski definition) is 4. The fourth-order valence-electron chi connectivity index (χ4n) is 2.22. The number of carbonyl (C=O) groups excluding carboxylic acids is 1. The predicted molar refractivity (Wildman–Crippen MR) is 114 cm³/mol. The molecule has 0 fully saturated rings. The molecule has 0 amide bonds. The zero-order valence-corrected chi connectivity index (χ0v) is 17.7. The van der Waals surface area contributed by atoms with E-state index in [-0.39, 0.29) is 5.96 Å². The van der Waals surface area contributed by atoms with Crippen LogP contribution in [0, 0.1) is 5.41 Å². The number of hydrogen-bond donors (Lipinski definition) is 3. The smallest absolute Gasteiger partial charge is 0.329 e. The van der Waals surface area contributed by atoms with Gasteiger partial charge >= 0.3 is 5.97 Å². The summed E-state index contributed by atoms with van der Waals surface area (Å²) in [6, 6.07) is -0.581. The van der Waals surface area contributed by atoms with Crippen LogP contribution in [0.1, 0.15) is 53.4 Å². The molecule has 1 atom stereocenters. The molecule has 0 heterocycles. The topological polar surface area (TPSA) is 88.2 Å². The number of ether oxygens (including phenoxy) is 1. The molecule has 1 unspecified atom stereocenters. The summed E-state index contributed by atoms with van der Waals surface area (Å²) in [5.74, 6) is 0.711. The number of thioether (sulfide) groups is 1. The maximum absolute atomic E-state index is 11.6. The van der Waals surface area contributed by atoms with E-state index < -0.39 is 12.0 Å². The van der Waals surface area contributed by atoms with E-state index in [0.717, 1.165) is 31.4 Å². The molecule has 0 aromatic rings. The van der Waals surface area contributed by atoms with Crippen molar-refractivity contribution in [2.24, 2.45) is 5.73 Å². The van der Waals surface area contributed by atoms with Crippen LogP contribution in [0.25, 0.3) is 0 Å². The van der Waals surface area contributed by atoms with Gasteiger partial charge in [-0.25, -0.2) is 4.79 Å².